The largest absolute Gasteiger partial charge is 0.496 e. The second-order valence-electron chi connectivity index (χ2n) is 7.25. The van der Waals surface area contributed by atoms with Crippen LogP contribution < -0.4 is 14.8 Å². The number of hydrogen-bond acceptors (Lipinski definition) is 4. The van der Waals surface area contributed by atoms with Gasteiger partial charge in [-0.25, -0.2) is 0 Å². The first kappa shape index (κ1) is 21.6. The predicted molar refractivity (Wildman–Crippen MR) is 94.3 cm³/mol. The molecule has 1 aromatic rings. The Bertz CT molecular complexity index is 735. The summed E-state index contributed by atoms with van der Waals surface area (Å²) in [5.74, 6) is -2.12. The van der Waals surface area contributed by atoms with Gasteiger partial charge in [0.1, 0.15) is 17.1 Å². The van der Waals surface area contributed by atoms with Crippen LogP contribution in [0.1, 0.15) is 48.0 Å². The molecule has 1 amide bonds. The van der Waals surface area contributed by atoms with Crippen molar-refractivity contribution in [1.29, 1.82) is 0 Å². The van der Waals surface area contributed by atoms with E-state index in [2.05, 4.69) is 15.0 Å². The third kappa shape index (κ3) is 4.91. The molecule has 2 fully saturated rings. The number of likely N-dealkylation sites (tertiary alicyclic amines) is 1. The van der Waals surface area contributed by atoms with Gasteiger partial charge in [0.25, 0.3) is 5.91 Å². The summed E-state index contributed by atoms with van der Waals surface area (Å²) >= 11 is 0. The minimum atomic E-state index is -4.81. The van der Waals surface area contributed by atoms with E-state index in [-0.39, 0.29) is 12.1 Å². The lowest BCUT2D eigenvalue weighted by molar-refractivity contribution is -0.138. The summed E-state index contributed by atoms with van der Waals surface area (Å²) < 4.78 is 74.1. The Kier molecular flexibility index (Phi) is 6.50. The molecule has 0 spiro atoms. The summed E-state index contributed by atoms with van der Waals surface area (Å²) in [6.07, 6.45) is -0.144. The van der Waals surface area contributed by atoms with E-state index >= 15 is 0 Å². The third-order valence-electron chi connectivity index (χ3n) is 5.46. The molecule has 1 aliphatic carbocycles. The van der Waals surface area contributed by atoms with Gasteiger partial charge in [-0.1, -0.05) is 0 Å². The maximum absolute atomic E-state index is 13.1. The third-order valence-corrected chi connectivity index (χ3v) is 5.46. The van der Waals surface area contributed by atoms with Gasteiger partial charge >= 0.3 is 12.8 Å². The van der Waals surface area contributed by atoms with Gasteiger partial charge < -0.3 is 14.8 Å². The number of carbonyl (C=O) groups excluding carboxylic acids is 1. The zero-order valence-corrected chi connectivity index (χ0v) is 15.9. The fourth-order valence-corrected chi connectivity index (χ4v) is 4.19. The van der Waals surface area contributed by atoms with Crippen molar-refractivity contribution in [1.82, 2.24) is 10.2 Å². The highest BCUT2D eigenvalue weighted by Crippen LogP contribution is 2.39. The van der Waals surface area contributed by atoms with Gasteiger partial charge in [-0.05, 0) is 57.3 Å². The van der Waals surface area contributed by atoms with Crippen LogP contribution in [0.25, 0.3) is 0 Å². The molecule has 5 nitrogen and oxygen atoms in total. The maximum atomic E-state index is 13.1. The van der Waals surface area contributed by atoms with Crippen molar-refractivity contribution < 1.29 is 36.2 Å². The van der Waals surface area contributed by atoms with Crippen LogP contribution in [0.3, 0.4) is 0 Å². The Labute approximate surface area is 165 Å². The minimum absolute atomic E-state index is 0.126. The van der Waals surface area contributed by atoms with Crippen molar-refractivity contribution in [3.63, 3.8) is 0 Å². The Morgan fingerprint density at radius 1 is 1.14 bits per heavy atom. The van der Waals surface area contributed by atoms with Crippen LogP contribution in [0.4, 0.5) is 22.0 Å². The molecule has 2 unspecified atom stereocenters. The second-order valence-corrected chi connectivity index (χ2v) is 7.25. The smallest absolute Gasteiger partial charge is 0.416 e. The molecule has 10 heteroatoms. The molecule has 0 radical (unpaired) electrons. The fourth-order valence-electron chi connectivity index (χ4n) is 4.19. The highest BCUT2D eigenvalue weighted by atomic mass is 19.4. The summed E-state index contributed by atoms with van der Waals surface area (Å²) in [5, 5.41) is 2.80. The topological polar surface area (TPSA) is 50.8 Å². The fraction of sp³-hybridized carbons (Fsp3) is 0.632. The van der Waals surface area contributed by atoms with Crippen molar-refractivity contribution in [3.8, 4) is 11.5 Å². The van der Waals surface area contributed by atoms with E-state index in [9.17, 15) is 26.7 Å². The van der Waals surface area contributed by atoms with E-state index in [1.54, 1.807) is 0 Å². The average molecular weight is 422 g/mol. The van der Waals surface area contributed by atoms with Crippen molar-refractivity contribution in [2.24, 2.45) is 0 Å². The first-order valence-corrected chi connectivity index (χ1v) is 9.49. The number of carbonyl (C=O) groups is 1. The van der Waals surface area contributed by atoms with Crippen LogP contribution in [-0.4, -0.2) is 49.7 Å². The van der Waals surface area contributed by atoms with Gasteiger partial charge in [0.2, 0.25) is 0 Å². The second kappa shape index (κ2) is 8.73. The molecule has 162 valence electrons. The number of nitrogens with one attached hydrogen (secondary N) is 1. The number of methoxy groups -OCH3 is 1. The van der Waals surface area contributed by atoms with Gasteiger partial charge in [-0.15, -0.1) is 0 Å². The summed E-state index contributed by atoms with van der Waals surface area (Å²) in [5.41, 5.74) is -1.70. The molecular weight excluding hydrogens is 399 g/mol. The molecule has 0 bridgehead atoms. The molecule has 2 atom stereocenters. The Morgan fingerprint density at radius 3 is 2.38 bits per heavy atom. The van der Waals surface area contributed by atoms with Crippen LogP contribution in [0, 0.1) is 0 Å². The van der Waals surface area contributed by atoms with Gasteiger partial charge in [0, 0.05) is 12.1 Å². The first-order valence-electron chi connectivity index (χ1n) is 9.49. The molecule has 2 aliphatic rings. The lowest BCUT2D eigenvalue weighted by atomic mass is 10.1. The van der Waals surface area contributed by atoms with Crippen molar-refractivity contribution in [2.45, 2.75) is 57.0 Å². The Morgan fingerprint density at radius 2 is 1.79 bits per heavy atom. The number of amides is 1. The average Bonchev–Trinajstić information content (AvgIpc) is 3.30. The number of hydrogen-bond donors (Lipinski definition) is 1. The monoisotopic (exact) mass is 422 g/mol. The lowest BCUT2D eigenvalue weighted by Crippen LogP contribution is -2.47. The summed E-state index contributed by atoms with van der Waals surface area (Å²) in [4.78, 5) is 15.2. The number of rotatable bonds is 6. The van der Waals surface area contributed by atoms with E-state index in [0.29, 0.717) is 18.6 Å². The van der Waals surface area contributed by atoms with E-state index in [0.717, 1.165) is 45.9 Å². The van der Waals surface area contributed by atoms with Crippen LogP contribution in [0.15, 0.2) is 12.1 Å². The SMILES string of the molecule is COc1cc(C(F)(F)F)cc(OC(F)F)c1C(=O)NC1CCCC1N1CCCC1. The normalized spacial score (nSPS) is 22.9. The van der Waals surface area contributed by atoms with Gasteiger partial charge in [0.05, 0.1) is 12.7 Å². The van der Waals surface area contributed by atoms with Crippen molar-refractivity contribution in [3.05, 3.63) is 23.3 Å². The standard InChI is InChI=1S/C19H23F5N2O3/c1-28-14-9-11(19(22,23)24)10-15(29-18(20)21)16(14)17(27)25-12-5-4-6-13(12)26-7-2-3-8-26/h9-10,12-13,18H,2-8H2,1H3,(H,25,27). The van der Waals surface area contributed by atoms with Gasteiger partial charge in [-0.3, -0.25) is 9.69 Å². The molecule has 29 heavy (non-hydrogen) atoms. The highest BCUT2D eigenvalue weighted by Gasteiger charge is 2.37. The number of halogens is 5. The molecule has 3 rings (SSSR count). The van der Waals surface area contributed by atoms with E-state index < -0.39 is 41.3 Å². The molecule has 0 aromatic heterocycles. The summed E-state index contributed by atoms with van der Waals surface area (Å²) in [6.45, 7) is -1.53. The summed E-state index contributed by atoms with van der Waals surface area (Å²) in [7, 11) is 1.07. The first-order chi connectivity index (χ1) is 13.7. The van der Waals surface area contributed by atoms with Crippen LogP contribution in [0.5, 0.6) is 11.5 Å². The number of alkyl halides is 5. The zero-order valence-electron chi connectivity index (χ0n) is 15.9. The molecule has 1 aromatic carbocycles. The zero-order chi connectivity index (χ0) is 21.2. The van der Waals surface area contributed by atoms with Gasteiger partial charge in [-0.2, -0.15) is 22.0 Å². The van der Waals surface area contributed by atoms with Crippen molar-refractivity contribution in [2.75, 3.05) is 20.2 Å². The van der Waals surface area contributed by atoms with E-state index in [1.807, 2.05) is 0 Å². The van der Waals surface area contributed by atoms with Crippen LogP contribution in [0.2, 0.25) is 0 Å². The quantitative estimate of drug-likeness (QED) is 0.703. The molecule has 1 aliphatic heterocycles. The Balaban J connectivity index is 1.90. The molecule has 1 heterocycles. The molecular formula is C19H23F5N2O3. The Hall–Kier alpha value is -2.10. The van der Waals surface area contributed by atoms with Crippen molar-refractivity contribution >= 4 is 5.91 Å². The van der Waals surface area contributed by atoms with Crippen LogP contribution in [-0.2, 0) is 6.18 Å². The molecule has 1 N–H and O–H groups in total. The lowest BCUT2D eigenvalue weighted by Gasteiger charge is -2.30. The minimum Gasteiger partial charge on any atom is -0.496 e. The number of ether oxygens (including phenoxy) is 2. The number of benzene rings is 1. The van der Waals surface area contributed by atoms with Crippen LogP contribution >= 0.6 is 0 Å². The highest BCUT2D eigenvalue weighted by molar-refractivity contribution is 6.00. The van der Waals surface area contributed by atoms with E-state index in [4.69, 9.17) is 4.74 Å². The number of nitrogens with zero attached hydrogens (tertiary/aromatic N) is 1. The maximum Gasteiger partial charge on any atom is 0.416 e. The van der Waals surface area contributed by atoms with Gasteiger partial charge in [0.15, 0.2) is 0 Å². The van der Waals surface area contributed by atoms with E-state index in [1.165, 1.54) is 0 Å². The predicted octanol–water partition coefficient (Wildman–Crippen LogP) is 4.06. The molecule has 1 saturated heterocycles. The molecule has 1 saturated carbocycles. The summed E-state index contributed by atoms with van der Waals surface area (Å²) in [6, 6.07) is 0.920.